The first kappa shape index (κ1) is 11.2. The van der Waals surface area contributed by atoms with E-state index in [-0.39, 0.29) is 11.2 Å². The number of hydrogen-bond acceptors (Lipinski definition) is 0. The summed E-state index contributed by atoms with van der Waals surface area (Å²) in [7, 11) is 0. The lowest BCUT2D eigenvalue weighted by atomic mass is 9.86. The standard InChI is InChI=1S/C11H17F/c1-6-10(11(3,4)5)8-7-9(2)12/h6,8H,1-5H3/b10-6+. The Kier molecular flexibility index (Phi) is 3.99. The van der Waals surface area contributed by atoms with E-state index >= 15 is 0 Å². The molecular weight excluding hydrogens is 151 g/mol. The van der Waals surface area contributed by atoms with Crippen molar-refractivity contribution in [3.63, 3.8) is 0 Å². The first-order chi connectivity index (χ1) is 5.38. The highest BCUT2D eigenvalue weighted by Crippen LogP contribution is 2.25. The Labute approximate surface area is 74.5 Å². The minimum absolute atomic E-state index is 0.0667. The van der Waals surface area contributed by atoms with Crippen LogP contribution in [-0.2, 0) is 0 Å². The fraction of sp³-hybridized carbons (Fsp3) is 0.545. The highest BCUT2D eigenvalue weighted by Gasteiger charge is 2.12. The Bertz CT molecular complexity index is 228. The van der Waals surface area contributed by atoms with Crippen molar-refractivity contribution >= 4 is 0 Å². The molecule has 0 radical (unpaired) electrons. The van der Waals surface area contributed by atoms with Crippen molar-refractivity contribution in [3.05, 3.63) is 29.3 Å². The molecule has 0 saturated carbocycles. The van der Waals surface area contributed by atoms with Crippen molar-refractivity contribution in [2.45, 2.75) is 34.6 Å². The zero-order chi connectivity index (χ0) is 9.78. The van der Waals surface area contributed by atoms with E-state index in [0.717, 1.165) is 5.57 Å². The van der Waals surface area contributed by atoms with E-state index in [1.807, 2.05) is 13.0 Å². The van der Waals surface area contributed by atoms with Gasteiger partial charge >= 0.3 is 0 Å². The van der Waals surface area contributed by atoms with Crippen LogP contribution >= 0.6 is 0 Å². The summed E-state index contributed by atoms with van der Waals surface area (Å²) in [5.41, 5.74) is 3.72. The smallest absolute Gasteiger partial charge is 0.139 e. The summed E-state index contributed by atoms with van der Waals surface area (Å²) in [6, 6.07) is 0. The lowest BCUT2D eigenvalue weighted by Gasteiger charge is -2.18. The minimum atomic E-state index is -0.279. The predicted octanol–water partition coefficient (Wildman–Crippen LogP) is 4.01. The fourth-order valence-electron chi connectivity index (χ4n) is 0.910. The lowest BCUT2D eigenvalue weighted by Crippen LogP contribution is -2.06. The molecular formula is C11H17F. The first-order valence-electron chi connectivity index (χ1n) is 4.13. The second-order valence-electron chi connectivity index (χ2n) is 3.82. The lowest BCUT2D eigenvalue weighted by molar-refractivity contribution is 0.516. The molecule has 0 amide bonds. The van der Waals surface area contributed by atoms with Crippen LogP contribution in [0, 0.1) is 5.41 Å². The molecule has 0 heterocycles. The SMILES string of the molecule is C/C=C(\C=C=C(C)F)C(C)(C)C. The molecule has 68 valence electrons. The Morgan fingerprint density at radius 1 is 1.33 bits per heavy atom. The van der Waals surface area contributed by atoms with Crippen molar-refractivity contribution in [1.29, 1.82) is 0 Å². The second-order valence-corrected chi connectivity index (χ2v) is 3.82. The number of halogens is 1. The van der Waals surface area contributed by atoms with Gasteiger partial charge in [0.05, 0.1) is 0 Å². The summed E-state index contributed by atoms with van der Waals surface area (Å²) >= 11 is 0. The van der Waals surface area contributed by atoms with Gasteiger partial charge < -0.3 is 0 Å². The highest BCUT2D eigenvalue weighted by atomic mass is 19.1. The molecule has 0 bridgehead atoms. The fourth-order valence-corrected chi connectivity index (χ4v) is 0.910. The molecule has 0 nitrogen and oxygen atoms in total. The molecule has 0 aliphatic heterocycles. The Morgan fingerprint density at radius 3 is 2.08 bits per heavy atom. The van der Waals surface area contributed by atoms with E-state index < -0.39 is 0 Å². The number of allylic oxidation sites excluding steroid dienone is 3. The van der Waals surface area contributed by atoms with Crippen molar-refractivity contribution < 1.29 is 4.39 Å². The van der Waals surface area contributed by atoms with Gasteiger partial charge in [-0.3, -0.25) is 0 Å². The zero-order valence-electron chi connectivity index (χ0n) is 8.53. The molecule has 0 N–H and O–H groups in total. The van der Waals surface area contributed by atoms with E-state index in [1.54, 1.807) is 6.08 Å². The van der Waals surface area contributed by atoms with Crippen LogP contribution in [-0.4, -0.2) is 0 Å². The predicted molar refractivity (Wildman–Crippen MR) is 51.6 cm³/mol. The molecule has 0 aromatic heterocycles. The second kappa shape index (κ2) is 4.27. The third-order valence-electron chi connectivity index (χ3n) is 1.60. The molecule has 0 fully saturated rings. The average molecular weight is 168 g/mol. The van der Waals surface area contributed by atoms with Gasteiger partial charge in [-0.05, 0) is 30.9 Å². The van der Waals surface area contributed by atoms with Gasteiger partial charge in [-0.2, -0.15) is 0 Å². The Balaban J connectivity index is 4.77. The number of hydrogen-bond donors (Lipinski definition) is 0. The maximum atomic E-state index is 12.3. The summed E-state index contributed by atoms with van der Waals surface area (Å²) < 4.78 is 12.3. The molecule has 1 heteroatoms. The average Bonchev–Trinajstić information content (AvgIpc) is 1.85. The molecule has 0 saturated heterocycles. The normalized spacial score (nSPS) is 12.3. The molecule has 0 aliphatic rings. The van der Waals surface area contributed by atoms with Crippen LogP contribution in [0.5, 0.6) is 0 Å². The van der Waals surface area contributed by atoms with E-state index in [9.17, 15) is 4.39 Å². The third-order valence-corrected chi connectivity index (χ3v) is 1.60. The van der Waals surface area contributed by atoms with Gasteiger partial charge in [0.25, 0.3) is 0 Å². The maximum Gasteiger partial charge on any atom is 0.139 e. The van der Waals surface area contributed by atoms with Crippen molar-refractivity contribution in [2.75, 3.05) is 0 Å². The van der Waals surface area contributed by atoms with E-state index in [2.05, 4.69) is 26.5 Å². The van der Waals surface area contributed by atoms with Gasteiger partial charge in [-0.1, -0.05) is 32.6 Å². The summed E-state index contributed by atoms with van der Waals surface area (Å²) in [6.07, 6.45) is 3.69. The van der Waals surface area contributed by atoms with Gasteiger partial charge in [0, 0.05) is 0 Å². The molecule has 12 heavy (non-hydrogen) atoms. The van der Waals surface area contributed by atoms with Crippen LogP contribution in [0.2, 0.25) is 0 Å². The van der Waals surface area contributed by atoms with Crippen molar-refractivity contribution in [2.24, 2.45) is 5.41 Å². The van der Waals surface area contributed by atoms with Crippen molar-refractivity contribution in [1.82, 2.24) is 0 Å². The van der Waals surface area contributed by atoms with Crippen LogP contribution in [0.4, 0.5) is 4.39 Å². The summed E-state index contributed by atoms with van der Waals surface area (Å²) in [5, 5.41) is 0. The third kappa shape index (κ3) is 4.15. The van der Waals surface area contributed by atoms with E-state index in [1.165, 1.54) is 6.92 Å². The van der Waals surface area contributed by atoms with Gasteiger partial charge in [-0.25, -0.2) is 4.39 Å². The quantitative estimate of drug-likeness (QED) is 0.410. The maximum absolute atomic E-state index is 12.3. The Hall–Kier alpha value is -0.810. The van der Waals surface area contributed by atoms with Crippen LogP contribution in [0.1, 0.15) is 34.6 Å². The molecule has 0 aliphatic carbocycles. The first-order valence-corrected chi connectivity index (χ1v) is 4.13. The van der Waals surface area contributed by atoms with Crippen molar-refractivity contribution in [3.8, 4) is 0 Å². The molecule has 0 aromatic carbocycles. The zero-order valence-corrected chi connectivity index (χ0v) is 8.53. The topological polar surface area (TPSA) is 0 Å². The van der Waals surface area contributed by atoms with E-state index in [0.29, 0.717) is 0 Å². The summed E-state index contributed by atoms with van der Waals surface area (Å²) in [6.45, 7) is 9.62. The monoisotopic (exact) mass is 168 g/mol. The van der Waals surface area contributed by atoms with Gasteiger partial charge in [0.1, 0.15) is 5.83 Å². The minimum Gasteiger partial charge on any atom is -0.203 e. The number of rotatable bonds is 1. The van der Waals surface area contributed by atoms with E-state index in [4.69, 9.17) is 0 Å². The molecule has 0 atom stereocenters. The largest absolute Gasteiger partial charge is 0.203 e. The summed E-state index contributed by atoms with van der Waals surface area (Å²) in [5.74, 6) is -0.279. The molecule has 0 spiro atoms. The van der Waals surface area contributed by atoms with Crippen LogP contribution < -0.4 is 0 Å². The molecule has 0 aromatic rings. The van der Waals surface area contributed by atoms with Crippen LogP contribution in [0.15, 0.2) is 29.3 Å². The molecule has 0 rings (SSSR count). The Morgan fingerprint density at radius 2 is 1.83 bits per heavy atom. The van der Waals surface area contributed by atoms with Crippen LogP contribution in [0.25, 0.3) is 0 Å². The molecule has 0 unspecified atom stereocenters. The van der Waals surface area contributed by atoms with Gasteiger partial charge in [0.15, 0.2) is 0 Å². The highest BCUT2D eigenvalue weighted by molar-refractivity contribution is 5.23. The van der Waals surface area contributed by atoms with Gasteiger partial charge in [0.2, 0.25) is 0 Å². The van der Waals surface area contributed by atoms with Crippen LogP contribution in [0.3, 0.4) is 0 Å². The summed E-state index contributed by atoms with van der Waals surface area (Å²) in [4.78, 5) is 0. The van der Waals surface area contributed by atoms with Gasteiger partial charge in [-0.15, -0.1) is 0 Å².